The van der Waals surface area contributed by atoms with Crippen molar-refractivity contribution in [2.45, 2.75) is 19.4 Å². The van der Waals surface area contributed by atoms with Gasteiger partial charge in [0.2, 0.25) is 15.9 Å². The van der Waals surface area contributed by atoms with Crippen molar-refractivity contribution in [1.29, 1.82) is 0 Å². The fraction of sp³-hybridized carbons (Fsp3) is 0.308. The minimum atomic E-state index is -3.61. The first-order valence-electron chi connectivity index (χ1n) is 11.4. The second-order valence-corrected chi connectivity index (χ2v) is 10.2. The van der Waals surface area contributed by atoms with Crippen molar-refractivity contribution in [1.82, 2.24) is 9.71 Å². The van der Waals surface area contributed by atoms with Crippen LogP contribution in [0.2, 0.25) is 0 Å². The molecule has 0 radical (unpaired) electrons. The Morgan fingerprint density at radius 1 is 1.03 bits per heavy atom. The van der Waals surface area contributed by atoms with Crippen molar-refractivity contribution >= 4 is 15.9 Å². The molecular formula is C26H28N2O6S. The molecule has 2 heterocycles. The van der Waals surface area contributed by atoms with Crippen molar-refractivity contribution in [2.24, 2.45) is 5.92 Å². The van der Waals surface area contributed by atoms with E-state index in [1.54, 1.807) is 30.5 Å². The van der Waals surface area contributed by atoms with Crippen LogP contribution in [0.4, 0.5) is 0 Å². The topological polar surface area (TPSA) is 104 Å². The number of amides is 1. The standard InChI is InChI=1S/C26H28N2O6S/c1-35(30,31)28-26(29)21-7-5-19(6-8-21)17-33-24-4-2-3-22(15-24)23-9-10-25(27-16-23)34-18-20-11-13-32-14-12-20/h2-10,15-16,20H,11-14,17-18H2,1H3,(H,28,29). The molecular weight excluding hydrogens is 468 g/mol. The summed E-state index contributed by atoms with van der Waals surface area (Å²) in [5.74, 6) is 1.16. The van der Waals surface area contributed by atoms with Gasteiger partial charge in [0.1, 0.15) is 12.4 Å². The summed E-state index contributed by atoms with van der Waals surface area (Å²) in [6, 6.07) is 18.1. The Labute approximate surface area is 205 Å². The number of hydrogen-bond donors (Lipinski definition) is 1. The second kappa shape index (κ2) is 11.3. The van der Waals surface area contributed by atoms with Crippen LogP contribution in [0.5, 0.6) is 11.6 Å². The van der Waals surface area contributed by atoms with Gasteiger partial charge in [-0.2, -0.15) is 0 Å². The zero-order valence-corrected chi connectivity index (χ0v) is 20.3. The Morgan fingerprint density at radius 2 is 1.80 bits per heavy atom. The Bertz CT molecular complexity index is 1240. The number of ether oxygens (including phenoxy) is 3. The highest BCUT2D eigenvalue weighted by atomic mass is 32.2. The van der Waals surface area contributed by atoms with Gasteiger partial charge in [0.15, 0.2) is 0 Å². The average Bonchev–Trinajstić information content (AvgIpc) is 2.87. The summed E-state index contributed by atoms with van der Waals surface area (Å²) >= 11 is 0. The van der Waals surface area contributed by atoms with E-state index in [4.69, 9.17) is 14.2 Å². The summed E-state index contributed by atoms with van der Waals surface area (Å²) in [4.78, 5) is 16.4. The lowest BCUT2D eigenvalue weighted by Crippen LogP contribution is -2.29. The highest BCUT2D eigenvalue weighted by Crippen LogP contribution is 2.25. The monoisotopic (exact) mass is 496 g/mol. The van der Waals surface area contributed by atoms with E-state index in [-0.39, 0.29) is 5.56 Å². The van der Waals surface area contributed by atoms with E-state index in [0.29, 0.717) is 30.8 Å². The van der Waals surface area contributed by atoms with Crippen LogP contribution in [0.15, 0.2) is 66.9 Å². The molecule has 4 rings (SSSR count). The van der Waals surface area contributed by atoms with Crippen LogP contribution in [0.25, 0.3) is 11.1 Å². The molecule has 0 unspecified atom stereocenters. The molecule has 184 valence electrons. The number of benzene rings is 2. The maximum Gasteiger partial charge on any atom is 0.264 e. The molecule has 1 aliphatic rings. The highest BCUT2D eigenvalue weighted by molar-refractivity contribution is 7.89. The quantitative estimate of drug-likeness (QED) is 0.480. The lowest BCUT2D eigenvalue weighted by Gasteiger charge is -2.21. The molecule has 8 nitrogen and oxygen atoms in total. The molecule has 1 saturated heterocycles. The lowest BCUT2D eigenvalue weighted by atomic mass is 10.0. The van der Waals surface area contributed by atoms with Crippen molar-refractivity contribution in [3.63, 3.8) is 0 Å². The minimum absolute atomic E-state index is 0.258. The first kappa shape index (κ1) is 24.7. The highest BCUT2D eigenvalue weighted by Gasteiger charge is 2.15. The molecule has 0 spiro atoms. The van der Waals surface area contributed by atoms with E-state index >= 15 is 0 Å². The van der Waals surface area contributed by atoms with Gasteiger partial charge in [0.25, 0.3) is 5.91 Å². The van der Waals surface area contributed by atoms with E-state index in [2.05, 4.69) is 4.98 Å². The number of carbonyl (C=O) groups is 1. The molecule has 9 heteroatoms. The SMILES string of the molecule is CS(=O)(=O)NC(=O)c1ccc(COc2cccc(-c3ccc(OCC4CCOCC4)nc3)c2)cc1. The molecule has 1 amide bonds. The van der Waals surface area contributed by atoms with Gasteiger partial charge >= 0.3 is 0 Å². The molecule has 1 aromatic heterocycles. The fourth-order valence-corrected chi connectivity index (χ4v) is 4.12. The molecule has 0 bridgehead atoms. The van der Waals surface area contributed by atoms with Gasteiger partial charge in [0, 0.05) is 36.6 Å². The first-order chi connectivity index (χ1) is 16.9. The molecule has 2 aromatic carbocycles. The minimum Gasteiger partial charge on any atom is -0.489 e. The Kier molecular flexibility index (Phi) is 7.99. The van der Waals surface area contributed by atoms with Gasteiger partial charge in [-0.3, -0.25) is 4.79 Å². The Hall–Kier alpha value is -3.43. The van der Waals surface area contributed by atoms with E-state index in [9.17, 15) is 13.2 Å². The molecule has 1 N–H and O–H groups in total. The van der Waals surface area contributed by atoms with Crippen LogP contribution in [-0.2, 0) is 21.4 Å². The molecule has 0 saturated carbocycles. The number of nitrogens with one attached hydrogen (secondary N) is 1. The predicted octanol–water partition coefficient (Wildman–Crippen LogP) is 3.82. The normalized spacial score (nSPS) is 14.3. The molecule has 1 fully saturated rings. The lowest BCUT2D eigenvalue weighted by molar-refractivity contribution is 0.0490. The first-order valence-corrected chi connectivity index (χ1v) is 13.3. The van der Waals surface area contributed by atoms with Crippen molar-refractivity contribution < 1.29 is 27.4 Å². The predicted molar refractivity (Wildman–Crippen MR) is 132 cm³/mol. The summed E-state index contributed by atoms with van der Waals surface area (Å²) in [6.07, 6.45) is 4.77. The maximum atomic E-state index is 11.9. The number of rotatable bonds is 9. The summed E-state index contributed by atoms with van der Waals surface area (Å²) in [7, 11) is -3.61. The zero-order valence-electron chi connectivity index (χ0n) is 19.5. The molecule has 0 atom stereocenters. The summed E-state index contributed by atoms with van der Waals surface area (Å²) < 4.78 is 41.5. The number of pyridine rings is 1. The Morgan fingerprint density at radius 3 is 2.49 bits per heavy atom. The summed E-state index contributed by atoms with van der Waals surface area (Å²) in [6.45, 7) is 2.55. The van der Waals surface area contributed by atoms with E-state index < -0.39 is 15.9 Å². The maximum absolute atomic E-state index is 11.9. The number of hydrogen-bond acceptors (Lipinski definition) is 7. The third kappa shape index (κ3) is 7.53. The number of aromatic nitrogens is 1. The van der Waals surface area contributed by atoms with E-state index in [0.717, 1.165) is 49.0 Å². The second-order valence-electron chi connectivity index (χ2n) is 8.47. The smallest absolute Gasteiger partial charge is 0.264 e. The van der Waals surface area contributed by atoms with Gasteiger partial charge in [-0.05, 0) is 60.2 Å². The van der Waals surface area contributed by atoms with Gasteiger partial charge < -0.3 is 14.2 Å². The largest absolute Gasteiger partial charge is 0.489 e. The number of sulfonamides is 1. The summed E-state index contributed by atoms with van der Waals surface area (Å²) in [5.41, 5.74) is 3.03. The fourth-order valence-electron chi connectivity index (χ4n) is 3.66. The number of nitrogens with zero attached hydrogens (tertiary/aromatic N) is 1. The Balaban J connectivity index is 1.32. The molecule has 0 aliphatic carbocycles. The van der Waals surface area contributed by atoms with Crippen LogP contribution in [-0.4, -0.2) is 45.4 Å². The van der Waals surface area contributed by atoms with Crippen LogP contribution < -0.4 is 14.2 Å². The van der Waals surface area contributed by atoms with E-state index in [1.165, 1.54) is 0 Å². The van der Waals surface area contributed by atoms with Gasteiger partial charge in [-0.1, -0.05) is 24.3 Å². The van der Waals surface area contributed by atoms with E-state index in [1.807, 2.05) is 41.1 Å². The molecule has 35 heavy (non-hydrogen) atoms. The van der Waals surface area contributed by atoms with Gasteiger partial charge in [-0.25, -0.2) is 18.1 Å². The number of carbonyl (C=O) groups excluding carboxylic acids is 1. The van der Waals surface area contributed by atoms with Crippen LogP contribution in [0.3, 0.4) is 0 Å². The van der Waals surface area contributed by atoms with Gasteiger partial charge in [0.05, 0.1) is 12.9 Å². The van der Waals surface area contributed by atoms with Crippen molar-refractivity contribution in [3.05, 3.63) is 78.0 Å². The van der Waals surface area contributed by atoms with Crippen LogP contribution in [0, 0.1) is 5.92 Å². The zero-order chi connectivity index (χ0) is 24.7. The van der Waals surface area contributed by atoms with Crippen LogP contribution >= 0.6 is 0 Å². The third-order valence-electron chi connectivity index (χ3n) is 5.61. The van der Waals surface area contributed by atoms with Gasteiger partial charge in [-0.15, -0.1) is 0 Å². The molecule has 3 aromatic rings. The third-order valence-corrected chi connectivity index (χ3v) is 6.17. The van der Waals surface area contributed by atoms with Crippen molar-refractivity contribution in [2.75, 3.05) is 26.1 Å². The summed E-state index contributed by atoms with van der Waals surface area (Å²) in [5, 5.41) is 0. The van der Waals surface area contributed by atoms with Crippen LogP contribution in [0.1, 0.15) is 28.8 Å². The molecule has 1 aliphatic heterocycles. The average molecular weight is 497 g/mol. The van der Waals surface area contributed by atoms with Crippen molar-refractivity contribution in [3.8, 4) is 22.8 Å².